The van der Waals surface area contributed by atoms with E-state index in [1.165, 1.54) is 16.8 Å². The van der Waals surface area contributed by atoms with E-state index in [0.29, 0.717) is 5.92 Å². The van der Waals surface area contributed by atoms with Crippen molar-refractivity contribution < 1.29 is 0 Å². The van der Waals surface area contributed by atoms with Gasteiger partial charge in [0.05, 0.1) is 10.7 Å². The van der Waals surface area contributed by atoms with Gasteiger partial charge in [0.1, 0.15) is 0 Å². The summed E-state index contributed by atoms with van der Waals surface area (Å²) in [6.45, 7) is 3.31. The fraction of sp³-hybridized carbons (Fsp3) is 0.294. The van der Waals surface area contributed by atoms with Crippen LogP contribution in [0.15, 0.2) is 42.5 Å². The lowest BCUT2D eigenvalue weighted by atomic mass is 9.93. The first-order valence-corrected chi connectivity index (χ1v) is 8.39. The van der Waals surface area contributed by atoms with E-state index < -0.39 is 0 Å². The van der Waals surface area contributed by atoms with E-state index in [9.17, 15) is 0 Å². The second kappa shape index (κ2) is 5.79. The first-order valence-electron chi connectivity index (χ1n) is 6.89. The predicted molar refractivity (Wildman–Crippen MR) is 90.4 cm³/mol. The van der Waals surface area contributed by atoms with Crippen molar-refractivity contribution in [2.24, 2.45) is 5.92 Å². The Kier molecular flexibility index (Phi) is 4.04. The fourth-order valence-corrected chi connectivity index (χ4v) is 3.53. The number of alkyl halides is 1. The topological polar surface area (TPSA) is 3.24 Å². The van der Waals surface area contributed by atoms with Gasteiger partial charge >= 0.3 is 0 Å². The minimum atomic E-state index is 0.636. The molecule has 104 valence electrons. The van der Waals surface area contributed by atoms with Crippen LogP contribution in [0.5, 0.6) is 0 Å². The zero-order valence-electron chi connectivity index (χ0n) is 11.4. The van der Waals surface area contributed by atoms with E-state index in [4.69, 9.17) is 11.6 Å². The molecule has 3 heteroatoms. The summed E-state index contributed by atoms with van der Waals surface area (Å²) >= 11 is 9.97. The van der Waals surface area contributed by atoms with Gasteiger partial charge in [-0.1, -0.05) is 58.7 Å². The van der Waals surface area contributed by atoms with Crippen LogP contribution in [0, 0.1) is 5.92 Å². The maximum atomic E-state index is 6.49. The van der Waals surface area contributed by atoms with Crippen LogP contribution in [0.2, 0.25) is 5.02 Å². The Hall–Kier alpha value is -0.990. The average molecular weight is 351 g/mol. The summed E-state index contributed by atoms with van der Waals surface area (Å²) in [5.41, 5.74) is 5.01. The summed E-state index contributed by atoms with van der Waals surface area (Å²) in [6.07, 6.45) is 1.14. The molecule has 0 fully saturated rings. The molecule has 1 heterocycles. The van der Waals surface area contributed by atoms with E-state index in [-0.39, 0.29) is 0 Å². The quantitative estimate of drug-likeness (QED) is 0.640. The Morgan fingerprint density at radius 2 is 2.00 bits per heavy atom. The Labute approximate surface area is 133 Å². The summed E-state index contributed by atoms with van der Waals surface area (Å²) in [5.74, 6) is 0.636. The molecule has 2 aromatic rings. The second-order valence-electron chi connectivity index (χ2n) is 5.47. The first kappa shape index (κ1) is 14.0. The summed E-state index contributed by atoms with van der Waals surface area (Å²) in [4.78, 5) is 2.35. The second-order valence-corrected chi connectivity index (χ2v) is 6.44. The van der Waals surface area contributed by atoms with Crippen LogP contribution < -0.4 is 4.90 Å². The molecule has 20 heavy (non-hydrogen) atoms. The fourth-order valence-electron chi connectivity index (χ4n) is 2.88. The van der Waals surface area contributed by atoms with E-state index in [1.54, 1.807) is 0 Å². The SMILES string of the molecule is CC1Cc2ccccc2N(c2ccc(CBr)cc2Cl)C1. The molecule has 1 aliphatic heterocycles. The van der Waals surface area contributed by atoms with Crippen molar-refractivity contribution in [1.82, 2.24) is 0 Å². The lowest BCUT2D eigenvalue weighted by Crippen LogP contribution is -2.30. The molecule has 3 rings (SSSR count). The molecule has 1 aliphatic rings. The van der Waals surface area contributed by atoms with Crippen molar-refractivity contribution in [1.29, 1.82) is 0 Å². The van der Waals surface area contributed by atoms with Gasteiger partial charge in [-0.15, -0.1) is 0 Å². The van der Waals surface area contributed by atoms with Gasteiger partial charge in [-0.2, -0.15) is 0 Å². The third kappa shape index (κ3) is 2.59. The third-order valence-electron chi connectivity index (χ3n) is 3.80. The zero-order chi connectivity index (χ0) is 14.1. The van der Waals surface area contributed by atoms with Crippen LogP contribution in [0.4, 0.5) is 11.4 Å². The van der Waals surface area contributed by atoms with Gasteiger partial charge in [0.15, 0.2) is 0 Å². The van der Waals surface area contributed by atoms with Crippen molar-refractivity contribution in [3.05, 3.63) is 58.6 Å². The van der Waals surface area contributed by atoms with Crippen LogP contribution in [0.1, 0.15) is 18.1 Å². The van der Waals surface area contributed by atoms with E-state index in [2.05, 4.69) is 64.2 Å². The highest BCUT2D eigenvalue weighted by Gasteiger charge is 2.23. The molecule has 0 saturated carbocycles. The normalized spacial score (nSPS) is 17.9. The molecule has 1 nitrogen and oxygen atoms in total. The highest BCUT2D eigenvalue weighted by molar-refractivity contribution is 9.08. The van der Waals surface area contributed by atoms with Crippen molar-refractivity contribution >= 4 is 38.9 Å². The lowest BCUT2D eigenvalue weighted by Gasteiger charge is -2.35. The molecule has 2 aromatic carbocycles. The molecule has 0 radical (unpaired) electrons. The monoisotopic (exact) mass is 349 g/mol. The maximum Gasteiger partial charge on any atom is 0.0646 e. The molecule has 0 aliphatic carbocycles. The van der Waals surface area contributed by atoms with Gasteiger partial charge in [0.25, 0.3) is 0 Å². The molecule has 1 unspecified atom stereocenters. The number of anilines is 2. The molecule has 0 amide bonds. The molecular formula is C17H17BrClN. The number of halogens is 2. The van der Waals surface area contributed by atoms with Crippen molar-refractivity contribution in [2.45, 2.75) is 18.7 Å². The first-order chi connectivity index (χ1) is 9.69. The standard InChI is InChI=1S/C17H17BrClN/c1-12-8-14-4-2-3-5-16(14)20(11-12)17-7-6-13(10-18)9-15(17)19/h2-7,9,12H,8,10-11H2,1H3. The molecule has 0 spiro atoms. The Morgan fingerprint density at radius 3 is 2.75 bits per heavy atom. The summed E-state index contributed by atoms with van der Waals surface area (Å²) < 4.78 is 0. The zero-order valence-corrected chi connectivity index (χ0v) is 13.8. The predicted octanol–water partition coefficient (Wildman–Crippen LogP) is 5.57. The largest absolute Gasteiger partial charge is 0.340 e. The molecule has 0 aromatic heterocycles. The minimum absolute atomic E-state index is 0.636. The summed E-state index contributed by atoms with van der Waals surface area (Å²) in [7, 11) is 0. The van der Waals surface area contributed by atoms with Crippen molar-refractivity contribution in [2.75, 3.05) is 11.4 Å². The van der Waals surface area contributed by atoms with Gasteiger partial charge in [-0.3, -0.25) is 0 Å². The molecule has 0 saturated heterocycles. The van der Waals surface area contributed by atoms with Crippen LogP contribution in [0.3, 0.4) is 0 Å². The van der Waals surface area contributed by atoms with Crippen LogP contribution in [-0.2, 0) is 11.8 Å². The van der Waals surface area contributed by atoms with Crippen LogP contribution in [0.25, 0.3) is 0 Å². The third-order valence-corrected chi connectivity index (χ3v) is 4.75. The van der Waals surface area contributed by atoms with Gasteiger partial charge in [0, 0.05) is 17.6 Å². The van der Waals surface area contributed by atoms with Crippen molar-refractivity contribution in [3.63, 3.8) is 0 Å². The Morgan fingerprint density at radius 1 is 1.20 bits per heavy atom. The van der Waals surface area contributed by atoms with Gasteiger partial charge in [0.2, 0.25) is 0 Å². The van der Waals surface area contributed by atoms with Crippen LogP contribution >= 0.6 is 27.5 Å². The lowest BCUT2D eigenvalue weighted by molar-refractivity contribution is 0.562. The summed E-state index contributed by atoms with van der Waals surface area (Å²) in [5, 5.41) is 1.66. The Bertz CT molecular complexity index is 626. The molecular weight excluding hydrogens is 334 g/mol. The number of fused-ring (bicyclic) bond motifs is 1. The smallest absolute Gasteiger partial charge is 0.0646 e. The number of benzene rings is 2. The molecule has 0 bridgehead atoms. The number of para-hydroxylation sites is 1. The molecule has 1 atom stereocenters. The molecule has 0 N–H and O–H groups in total. The van der Waals surface area contributed by atoms with Crippen LogP contribution in [-0.4, -0.2) is 6.54 Å². The van der Waals surface area contributed by atoms with Gasteiger partial charge in [-0.05, 0) is 41.7 Å². The van der Waals surface area contributed by atoms with Crippen molar-refractivity contribution in [3.8, 4) is 0 Å². The Balaban J connectivity index is 2.06. The highest BCUT2D eigenvalue weighted by atomic mass is 79.9. The number of hydrogen-bond donors (Lipinski definition) is 0. The van der Waals surface area contributed by atoms with Gasteiger partial charge in [-0.25, -0.2) is 0 Å². The number of hydrogen-bond acceptors (Lipinski definition) is 1. The average Bonchev–Trinajstić information content (AvgIpc) is 2.46. The number of rotatable bonds is 2. The van der Waals surface area contributed by atoms with E-state index >= 15 is 0 Å². The van der Waals surface area contributed by atoms with Gasteiger partial charge < -0.3 is 4.90 Å². The van der Waals surface area contributed by atoms with E-state index in [0.717, 1.165) is 29.0 Å². The number of nitrogens with zero attached hydrogens (tertiary/aromatic N) is 1. The minimum Gasteiger partial charge on any atom is -0.340 e. The maximum absolute atomic E-state index is 6.49. The summed E-state index contributed by atoms with van der Waals surface area (Å²) in [6, 6.07) is 14.9. The van der Waals surface area contributed by atoms with E-state index in [1.807, 2.05) is 6.07 Å². The highest BCUT2D eigenvalue weighted by Crippen LogP contribution is 2.38.